The molecular weight excluding hydrogens is 558 g/mol. The van der Waals surface area contributed by atoms with Crippen molar-refractivity contribution in [2.24, 2.45) is 11.8 Å². The van der Waals surface area contributed by atoms with Gasteiger partial charge in [-0.25, -0.2) is 0 Å². The summed E-state index contributed by atoms with van der Waals surface area (Å²) in [6.07, 6.45) is 4.78. The zero-order chi connectivity index (χ0) is 30.3. The first kappa shape index (κ1) is 29.2. The molecule has 0 radical (unpaired) electrons. The summed E-state index contributed by atoms with van der Waals surface area (Å²) in [5.74, 6) is -1.79. The Bertz CT molecular complexity index is 1580. The molecule has 3 aromatic carbocycles. The van der Waals surface area contributed by atoms with Crippen LogP contribution in [0.2, 0.25) is 0 Å². The molecule has 3 aliphatic rings. The van der Waals surface area contributed by atoms with Gasteiger partial charge in [0.25, 0.3) is 5.91 Å². The Kier molecular flexibility index (Phi) is 7.92. The van der Waals surface area contributed by atoms with Crippen LogP contribution in [0.5, 0.6) is 0 Å². The van der Waals surface area contributed by atoms with Crippen molar-refractivity contribution in [1.82, 2.24) is 4.90 Å². The zero-order valence-corrected chi connectivity index (χ0v) is 25.2. The molecule has 3 aromatic rings. The maximum atomic E-state index is 14.8. The molecule has 2 bridgehead atoms. The first-order chi connectivity index (χ1) is 20.9. The topological polar surface area (TPSA) is 81.2 Å². The normalized spacial score (nSPS) is 26.3. The SMILES string of the molecule is C=CCN(C(=O)C1N([C@H](C)CO)C(=O)[C@@H]2[C@H](C(=O)N(CC=C)c3ccccc3)[C@@H]3CCC12S3)c1ccc2ccccc2c1. The number of amides is 3. The molecule has 222 valence electrons. The number of para-hydroxylation sites is 1. The van der Waals surface area contributed by atoms with E-state index in [4.69, 9.17) is 0 Å². The molecule has 3 heterocycles. The second kappa shape index (κ2) is 11.7. The average molecular weight is 596 g/mol. The third kappa shape index (κ3) is 4.68. The number of aliphatic hydroxyl groups is 1. The lowest BCUT2D eigenvalue weighted by molar-refractivity contribution is -0.141. The Morgan fingerprint density at radius 1 is 0.977 bits per heavy atom. The summed E-state index contributed by atoms with van der Waals surface area (Å²) in [5.41, 5.74) is 1.47. The lowest BCUT2D eigenvalue weighted by Crippen LogP contribution is -2.57. The van der Waals surface area contributed by atoms with E-state index in [1.807, 2.05) is 72.8 Å². The number of thioether (sulfide) groups is 1. The summed E-state index contributed by atoms with van der Waals surface area (Å²) < 4.78 is -0.768. The van der Waals surface area contributed by atoms with Crippen LogP contribution in [-0.2, 0) is 14.4 Å². The molecule has 1 N–H and O–H groups in total. The van der Waals surface area contributed by atoms with Gasteiger partial charge in [0.2, 0.25) is 11.8 Å². The third-order valence-electron chi connectivity index (χ3n) is 9.26. The molecular formula is C35H37N3O4S. The van der Waals surface area contributed by atoms with Gasteiger partial charge >= 0.3 is 0 Å². The van der Waals surface area contributed by atoms with Crippen molar-refractivity contribution in [3.05, 3.63) is 98.1 Å². The summed E-state index contributed by atoms with van der Waals surface area (Å²) in [4.78, 5) is 48.6. The van der Waals surface area contributed by atoms with Gasteiger partial charge in [0.1, 0.15) is 6.04 Å². The van der Waals surface area contributed by atoms with E-state index in [1.54, 1.807) is 45.5 Å². The van der Waals surface area contributed by atoms with Crippen molar-refractivity contribution < 1.29 is 19.5 Å². The Balaban J connectivity index is 1.42. The predicted octanol–water partition coefficient (Wildman–Crippen LogP) is 5.05. The Labute approximate surface area is 256 Å². The number of anilines is 2. The second-order valence-corrected chi connectivity index (χ2v) is 13.3. The fourth-order valence-corrected chi connectivity index (χ4v) is 9.59. The van der Waals surface area contributed by atoms with Gasteiger partial charge in [-0.1, -0.05) is 60.7 Å². The summed E-state index contributed by atoms with van der Waals surface area (Å²) in [6, 6.07) is 21.9. The number of nitrogens with zero attached hydrogens (tertiary/aromatic N) is 3. The van der Waals surface area contributed by atoms with Crippen molar-refractivity contribution >= 4 is 51.6 Å². The number of carbonyl (C=O) groups excluding carboxylic acids is 3. The summed E-state index contributed by atoms with van der Waals surface area (Å²) in [6.45, 7) is 9.86. The van der Waals surface area contributed by atoms with Gasteiger partial charge in [-0.3, -0.25) is 14.4 Å². The van der Waals surface area contributed by atoms with Gasteiger partial charge < -0.3 is 19.8 Å². The number of carbonyl (C=O) groups is 3. The van der Waals surface area contributed by atoms with Gasteiger partial charge in [-0.2, -0.15) is 0 Å². The molecule has 3 amide bonds. The summed E-state index contributed by atoms with van der Waals surface area (Å²) in [5, 5.41) is 12.3. The molecule has 0 aromatic heterocycles. The van der Waals surface area contributed by atoms with Crippen molar-refractivity contribution in [3.8, 4) is 0 Å². The fourth-order valence-electron chi connectivity index (χ4n) is 7.40. The molecule has 7 nitrogen and oxygen atoms in total. The maximum Gasteiger partial charge on any atom is 0.251 e. The predicted molar refractivity (Wildman–Crippen MR) is 173 cm³/mol. The van der Waals surface area contributed by atoms with Gasteiger partial charge in [0.15, 0.2) is 0 Å². The van der Waals surface area contributed by atoms with Crippen LogP contribution in [0.1, 0.15) is 19.8 Å². The minimum atomic E-state index is -0.823. The number of likely N-dealkylation sites (tertiary alicyclic amines) is 1. The van der Waals surface area contributed by atoms with E-state index in [0.29, 0.717) is 13.0 Å². The van der Waals surface area contributed by atoms with Crippen molar-refractivity contribution in [2.75, 3.05) is 29.5 Å². The number of rotatable bonds is 10. The van der Waals surface area contributed by atoms with E-state index in [1.165, 1.54) is 0 Å². The standard InChI is InChI=1S/C35H37N3O4S/c1-4-19-36(26-13-7-6-8-14-26)32(40)29-28-17-18-35(43-28)30(29)33(41)38(23(3)22-39)31(35)34(42)37(20-5-2)27-16-15-24-11-9-10-12-25(24)21-27/h4-16,21,23,28-31,39H,1-2,17-20,22H2,3H3/t23-,28+,29-,30+,31?,35?/m1/s1. The number of aliphatic hydroxyl groups excluding tert-OH is 1. The van der Waals surface area contributed by atoms with Crippen LogP contribution in [0.25, 0.3) is 10.8 Å². The molecule has 2 unspecified atom stereocenters. The van der Waals surface area contributed by atoms with E-state index >= 15 is 0 Å². The van der Waals surface area contributed by atoms with Crippen molar-refractivity contribution in [3.63, 3.8) is 0 Å². The fraction of sp³-hybridized carbons (Fsp3) is 0.343. The monoisotopic (exact) mass is 595 g/mol. The highest BCUT2D eigenvalue weighted by Crippen LogP contribution is 2.67. The highest BCUT2D eigenvalue weighted by atomic mass is 32.2. The van der Waals surface area contributed by atoms with E-state index in [-0.39, 0.29) is 36.1 Å². The molecule has 3 saturated heterocycles. The second-order valence-electron chi connectivity index (χ2n) is 11.7. The van der Waals surface area contributed by atoms with Crippen molar-refractivity contribution in [1.29, 1.82) is 0 Å². The molecule has 8 heteroatoms. The van der Waals surface area contributed by atoms with E-state index in [2.05, 4.69) is 13.2 Å². The molecule has 43 heavy (non-hydrogen) atoms. The Morgan fingerprint density at radius 3 is 2.30 bits per heavy atom. The quantitative estimate of drug-likeness (QED) is 0.332. The first-order valence-corrected chi connectivity index (χ1v) is 15.7. The number of benzene rings is 3. The van der Waals surface area contributed by atoms with Gasteiger partial charge in [-0.15, -0.1) is 24.9 Å². The number of hydrogen-bond acceptors (Lipinski definition) is 5. The number of hydrogen-bond donors (Lipinski definition) is 1. The highest BCUT2D eigenvalue weighted by Gasteiger charge is 2.74. The molecule has 6 rings (SSSR count). The van der Waals surface area contributed by atoms with Crippen LogP contribution in [-0.4, -0.2) is 69.5 Å². The van der Waals surface area contributed by atoms with Gasteiger partial charge in [0.05, 0.1) is 29.2 Å². The van der Waals surface area contributed by atoms with Crippen molar-refractivity contribution in [2.45, 2.75) is 41.8 Å². The average Bonchev–Trinajstić information content (AvgIpc) is 3.69. The summed E-state index contributed by atoms with van der Waals surface area (Å²) in [7, 11) is 0. The number of fused-ring (bicyclic) bond motifs is 2. The molecule has 0 saturated carbocycles. The van der Waals surface area contributed by atoms with Gasteiger partial charge in [-0.05, 0) is 54.8 Å². The minimum Gasteiger partial charge on any atom is -0.394 e. The molecule has 6 atom stereocenters. The van der Waals surface area contributed by atoms with Crippen LogP contribution in [0.4, 0.5) is 11.4 Å². The first-order valence-electron chi connectivity index (χ1n) is 14.9. The lowest BCUT2D eigenvalue weighted by atomic mass is 9.70. The zero-order valence-electron chi connectivity index (χ0n) is 24.3. The van der Waals surface area contributed by atoms with Crippen LogP contribution < -0.4 is 9.80 Å². The van der Waals surface area contributed by atoms with Crippen LogP contribution in [0.15, 0.2) is 98.1 Å². The Morgan fingerprint density at radius 2 is 1.63 bits per heavy atom. The molecule has 3 aliphatic heterocycles. The van der Waals surface area contributed by atoms with Crippen LogP contribution >= 0.6 is 11.8 Å². The Hall–Kier alpha value is -3.88. The van der Waals surface area contributed by atoms with Gasteiger partial charge in [0, 0.05) is 29.7 Å². The smallest absolute Gasteiger partial charge is 0.251 e. The van der Waals surface area contributed by atoms with E-state index in [0.717, 1.165) is 28.6 Å². The highest BCUT2D eigenvalue weighted by molar-refractivity contribution is 8.02. The maximum absolute atomic E-state index is 14.8. The van der Waals surface area contributed by atoms with E-state index in [9.17, 15) is 19.5 Å². The third-order valence-corrected chi connectivity index (χ3v) is 11.2. The summed E-state index contributed by atoms with van der Waals surface area (Å²) >= 11 is 1.63. The minimum absolute atomic E-state index is 0.0760. The molecule has 0 aliphatic carbocycles. The van der Waals surface area contributed by atoms with Crippen LogP contribution in [0.3, 0.4) is 0 Å². The van der Waals surface area contributed by atoms with Crippen LogP contribution in [0, 0.1) is 11.8 Å². The lowest BCUT2D eigenvalue weighted by Gasteiger charge is -2.39. The molecule has 1 spiro atoms. The largest absolute Gasteiger partial charge is 0.394 e. The molecule has 3 fully saturated rings. The van der Waals surface area contributed by atoms with E-state index < -0.39 is 28.7 Å².